The molecule has 0 spiro atoms. The number of amides is 1. The normalized spacial score (nSPS) is 11.4. The average molecular weight is 585 g/mol. The minimum atomic E-state index is -4.80. The molecular formula is C28H17Cl2F3N4O3. The fraction of sp³-hybridized carbons (Fsp3) is 0.0714. The first-order valence-corrected chi connectivity index (χ1v) is 12.3. The van der Waals surface area contributed by atoms with Gasteiger partial charge in [0, 0.05) is 27.8 Å². The van der Waals surface area contributed by atoms with Crippen LogP contribution in [0.1, 0.15) is 32.1 Å². The van der Waals surface area contributed by atoms with Crippen molar-refractivity contribution < 1.29 is 27.5 Å². The first kappa shape index (κ1) is 27.2. The first-order valence-electron chi connectivity index (χ1n) is 11.6. The van der Waals surface area contributed by atoms with Crippen LogP contribution in [0.2, 0.25) is 10.0 Å². The highest BCUT2D eigenvalue weighted by Crippen LogP contribution is 2.33. The Hall–Kier alpha value is -4.41. The molecule has 1 N–H and O–H groups in total. The summed E-state index contributed by atoms with van der Waals surface area (Å²) in [7, 11) is 1.47. The molecule has 0 radical (unpaired) electrons. The lowest BCUT2D eigenvalue weighted by atomic mass is 10.0. The number of alkyl halides is 3. The molecule has 0 saturated heterocycles. The standard InChI is InChI=1S/C28H17Cl2F3N4O3/c1-40-17-9-6-15(7-10-17)22-13-24(28(31,32)33)37-25(34-22)14-23(36-37)27(39)35-21-11-8-16(29)12-19(21)26(38)18-4-2-3-5-20(18)30/h2-14H,1H3,(H,35,39). The molecule has 7 nitrogen and oxygen atoms in total. The van der Waals surface area contributed by atoms with Gasteiger partial charge in [0.05, 0.1) is 23.5 Å². The molecule has 202 valence electrons. The van der Waals surface area contributed by atoms with Gasteiger partial charge < -0.3 is 10.1 Å². The summed E-state index contributed by atoms with van der Waals surface area (Å²) in [6, 6.07) is 18.9. The number of nitrogens with one attached hydrogen (secondary N) is 1. The van der Waals surface area contributed by atoms with E-state index in [0.29, 0.717) is 15.8 Å². The summed E-state index contributed by atoms with van der Waals surface area (Å²) in [4.78, 5) is 30.6. The van der Waals surface area contributed by atoms with E-state index < -0.39 is 23.6 Å². The Labute approximate surface area is 235 Å². The lowest BCUT2D eigenvalue weighted by Crippen LogP contribution is -2.17. The number of fused-ring (bicyclic) bond motifs is 1. The van der Waals surface area contributed by atoms with Crippen LogP contribution in [-0.4, -0.2) is 33.4 Å². The number of ether oxygens (including phenoxy) is 1. The molecule has 0 unspecified atom stereocenters. The minimum Gasteiger partial charge on any atom is -0.497 e. The number of methoxy groups -OCH3 is 1. The van der Waals surface area contributed by atoms with Gasteiger partial charge in [0.1, 0.15) is 5.75 Å². The van der Waals surface area contributed by atoms with Crippen LogP contribution in [0.15, 0.2) is 78.9 Å². The molecule has 5 rings (SSSR count). The molecule has 0 bridgehead atoms. The van der Waals surface area contributed by atoms with Crippen LogP contribution >= 0.6 is 23.2 Å². The predicted octanol–water partition coefficient (Wildman–Crippen LogP) is 7.21. The lowest BCUT2D eigenvalue weighted by molar-refractivity contribution is -0.142. The molecule has 3 aromatic carbocycles. The zero-order valence-corrected chi connectivity index (χ0v) is 22.0. The molecular weight excluding hydrogens is 568 g/mol. The van der Waals surface area contributed by atoms with Crippen molar-refractivity contribution >= 4 is 46.2 Å². The Bertz CT molecular complexity index is 1770. The molecule has 12 heteroatoms. The van der Waals surface area contributed by atoms with Crippen LogP contribution < -0.4 is 10.1 Å². The third-order valence-electron chi connectivity index (χ3n) is 5.93. The highest BCUT2D eigenvalue weighted by molar-refractivity contribution is 6.36. The minimum absolute atomic E-state index is 0.0275. The van der Waals surface area contributed by atoms with Gasteiger partial charge in [-0.3, -0.25) is 9.59 Å². The summed E-state index contributed by atoms with van der Waals surface area (Å²) in [5.41, 5.74) is -0.953. The van der Waals surface area contributed by atoms with E-state index in [9.17, 15) is 22.8 Å². The Kier molecular flexibility index (Phi) is 7.22. The van der Waals surface area contributed by atoms with Crippen LogP contribution in [0.25, 0.3) is 16.9 Å². The molecule has 2 aromatic heterocycles. The van der Waals surface area contributed by atoms with Crippen LogP contribution in [0.4, 0.5) is 18.9 Å². The number of benzene rings is 3. The summed E-state index contributed by atoms with van der Waals surface area (Å²) in [5.74, 6) is -0.845. The number of rotatable bonds is 6. The van der Waals surface area contributed by atoms with Gasteiger partial charge in [-0.2, -0.15) is 18.3 Å². The van der Waals surface area contributed by atoms with E-state index in [1.165, 1.54) is 31.4 Å². The highest BCUT2D eigenvalue weighted by Gasteiger charge is 2.36. The second-order valence-corrected chi connectivity index (χ2v) is 9.35. The van der Waals surface area contributed by atoms with Gasteiger partial charge in [-0.15, -0.1) is 0 Å². The second-order valence-electron chi connectivity index (χ2n) is 8.51. The number of halogens is 5. The zero-order chi connectivity index (χ0) is 28.6. The van der Waals surface area contributed by atoms with Gasteiger partial charge in [-0.25, -0.2) is 9.50 Å². The summed E-state index contributed by atoms with van der Waals surface area (Å²) in [5, 5.41) is 6.84. The third-order valence-corrected chi connectivity index (χ3v) is 6.49. The van der Waals surface area contributed by atoms with Crippen molar-refractivity contribution in [2.24, 2.45) is 0 Å². The fourth-order valence-corrected chi connectivity index (χ4v) is 4.38. The van der Waals surface area contributed by atoms with Crippen molar-refractivity contribution in [3.63, 3.8) is 0 Å². The third kappa shape index (κ3) is 5.36. The predicted molar refractivity (Wildman–Crippen MR) is 144 cm³/mol. The number of aromatic nitrogens is 3. The molecule has 0 saturated carbocycles. The fourth-order valence-electron chi connectivity index (χ4n) is 3.99. The van der Waals surface area contributed by atoms with Gasteiger partial charge in [-0.05, 0) is 60.7 Å². The number of nitrogens with zero attached hydrogens (tertiary/aromatic N) is 3. The maximum Gasteiger partial charge on any atom is 0.433 e. The van der Waals surface area contributed by atoms with Crippen LogP contribution in [0, 0.1) is 0 Å². The van der Waals surface area contributed by atoms with Crippen LogP contribution in [0.5, 0.6) is 5.75 Å². The molecule has 0 aliphatic heterocycles. The molecule has 5 aromatic rings. The maximum absolute atomic E-state index is 14.0. The van der Waals surface area contributed by atoms with E-state index in [2.05, 4.69) is 15.4 Å². The number of hydrogen-bond acceptors (Lipinski definition) is 5. The van der Waals surface area contributed by atoms with Gasteiger partial charge in [0.25, 0.3) is 5.91 Å². The number of carbonyl (C=O) groups excluding carboxylic acids is 2. The first-order chi connectivity index (χ1) is 19.0. The Morgan fingerprint density at radius 1 is 0.925 bits per heavy atom. The second kappa shape index (κ2) is 10.6. The molecule has 0 fully saturated rings. The summed E-state index contributed by atoms with van der Waals surface area (Å²) in [6.45, 7) is 0. The van der Waals surface area contributed by atoms with Gasteiger partial charge in [0.2, 0.25) is 0 Å². The van der Waals surface area contributed by atoms with E-state index in [1.54, 1.807) is 42.5 Å². The van der Waals surface area contributed by atoms with Crippen molar-refractivity contribution in [3.05, 3.63) is 111 Å². The zero-order valence-electron chi connectivity index (χ0n) is 20.5. The van der Waals surface area contributed by atoms with Crippen LogP contribution in [-0.2, 0) is 6.18 Å². The summed E-state index contributed by atoms with van der Waals surface area (Å²) < 4.78 is 47.6. The van der Waals surface area contributed by atoms with E-state index >= 15 is 0 Å². The van der Waals surface area contributed by atoms with E-state index in [1.807, 2.05) is 0 Å². The topological polar surface area (TPSA) is 85.6 Å². The monoisotopic (exact) mass is 584 g/mol. The molecule has 0 aliphatic rings. The summed E-state index contributed by atoms with van der Waals surface area (Å²) in [6.07, 6.45) is -4.80. The van der Waals surface area contributed by atoms with Crippen molar-refractivity contribution in [3.8, 4) is 17.0 Å². The quantitative estimate of drug-likeness (QED) is 0.213. The maximum atomic E-state index is 14.0. The number of hydrogen-bond donors (Lipinski definition) is 1. The largest absolute Gasteiger partial charge is 0.497 e. The van der Waals surface area contributed by atoms with E-state index in [-0.39, 0.29) is 43.9 Å². The van der Waals surface area contributed by atoms with Crippen molar-refractivity contribution in [2.75, 3.05) is 12.4 Å². The van der Waals surface area contributed by atoms with E-state index in [0.717, 1.165) is 12.1 Å². The molecule has 0 atom stereocenters. The van der Waals surface area contributed by atoms with Gasteiger partial charge in [-0.1, -0.05) is 35.3 Å². The Morgan fingerprint density at radius 2 is 1.65 bits per heavy atom. The van der Waals surface area contributed by atoms with E-state index in [4.69, 9.17) is 27.9 Å². The number of ketones is 1. The average Bonchev–Trinajstić information content (AvgIpc) is 3.37. The smallest absolute Gasteiger partial charge is 0.433 e. The molecule has 2 heterocycles. The van der Waals surface area contributed by atoms with Crippen molar-refractivity contribution in [2.45, 2.75) is 6.18 Å². The molecule has 1 amide bonds. The van der Waals surface area contributed by atoms with Gasteiger partial charge >= 0.3 is 6.18 Å². The highest BCUT2D eigenvalue weighted by atomic mass is 35.5. The summed E-state index contributed by atoms with van der Waals surface area (Å²) >= 11 is 12.3. The van der Waals surface area contributed by atoms with Crippen molar-refractivity contribution in [1.82, 2.24) is 14.6 Å². The molecule has 40 heavy (non-hydrogen) atoms. The Balaban J connectivity index is 1.53. The van der Waals surface area contributed by atoms with Gasteiger partial charge in [0.15, 0.2) is 22.8 Å². The molecule has 0 aliphatic carbocycles. The Morgan fingerprint density at radius 3 is 2.33 bits per heavy atom. The lowest BCUT2D eigenvalue weighted by Gasteiger charge is -2.11. The number of anilines is 1. The SMILES string of the molecule is COc1ccc(-c2cc(C(F)(F)F)n3nc(C(=O)Nc4ccc(Cl)cc4C(=O)c4ccccc4Cl)cc3n2)cc1. The van der Waals surface area contributed by atoms with Crippen LogP contribution in [0.3, 0.4) is 0 Å². The van der Waals surface area contributed by atoms with Crippen molar-refractivity contribution in [1.29, 1.82) is 0 Å². The number of carbonyl (C=O) groups is 2.